The Morgan fingerprint density at radius 2 is 1.61 bits per heavy atom. The number of fused-ring (bicyclic) bond motifs is 2. The normalized spacial score (nSPS) is 16.1. The number of carboxylic acid groups (broad SMARTS) is 2. The van der Waals surface area contributed by atoms with Crippen LogP contribution in [-0.4, -0.2) is 73.6 Å². The minimum Gasteiger partial charge on any atom is -0.473 e. The Hall–Kier alpha value is -3.77. The molecule has 2 aliphatic heterocycles. The molecule has 13 heteroatoms. The van der Waals surface area contributed by atoms with E-state index in [1.54, 1.807) is 17.3 Å². The molecule has 2 aliphatic rings. The van der Waals surface area contributed by atoms with Gasteiger partial charge in [0.25, 0.3) is 5.91 Å². The second kappa shape index (κ2) is 8.64. The number of carboxylic acids is 2. The number of pyridine rings is 1. The summed E-state index contributed by atoms with van der Waals surface area (Å²) in [7, 11) is 0. The minimum absolute atomic E-state index is 0.00902. The van der Waals surface area contributed by atoms with Crippen molar-refractivity contribution in [3.8, 4) is 0 Å². The monoisotopic (exact) mass is 467 g/mol. The number of aliphatic carboxylic acids is 2. The van der Waals surface area contributed by atoms with Crippen molar-refractivity contribution in [3.05, 3.63) is 47.7 Å². The number of aromatic nitrogens is 3. The molecule has 1 saturated heterocycles. The number of carbonyl (C=O) groups excluding carboxylic acids is 1. The lowest BCUT2D eigenvalue weighted by molar-refractivity contribution is -0.159. The van der Waals surface area contributed by atoms with E-state index in [0.717, 1.165) is 23.8 Å². The second-order valence-corrected chi connectivity index (χ2v) is 7.93. The lowest BCUT2D eigenvalue weighted by Crippen LogP contribution is -2.63. The zero-order chi connectivity index (χ0) is 24.6. The van der Waals surface area contributed by atoms with Crippen LogP contribution in [0.1, 0.15) is 35.6 Å². The third-order valence-electron chi connectivity index (χ3n) is 5.30. The summed E-state index contributed by atoms with van der Waals surface area (Å²) in [6.07, 6.45) is -0.287. The van der Waals surface area contributed by atoms with Gasteiger partial charge >= 0.3 is 18.1 Å². The minimum atomic E-state index is -4.58. The number of nitrogens with zero attached hydrogens (tertiary/aromatic N) is 5. The molecule has 1 fully saturated rings. The summed E-state index contributed by atoms with van der Waals surface area (Å²) in [5.41, 5.74) is -0.533. The average molecular weight is 467 g/mol. The molecule has 176 valence electrons. The fraction of sp³-hybridized carbons (Fsp3) is 0.400. The number of halogens is 3. The van der Waals surface area contributed by atoms with Crippen LogP contribution in [0.15, 0.2) is 30.7 Å². The summed E-state index contributed by atoms with van der Waals surface area (Å²) in [6, 6.07) is 2.35. The predicted octanol–water partition coefficient (Wildman–Crippen LogP) is 1.67. The summed E-state index contributed by atoms with van der Waals surface area (Å²) in [5, 5.41) is 14.8. The molecular weight excluding hydrogens is 447 g/mol. The van der Waals surface area contributed by atoms with E-state index in [2.05, 4.69) is 33.7 Å². The maximum Gasteiger partial charge on any atom is 0.433 e. The number of amides is 1. The third-order valence-corrected chi connectivity index (χ3v) is 5.30. The molecule has 0 saturated carbocycles. The van der Waals surface area contributed by atoms with Crippen molar-refractivity contribution >= 4 is 23.7 Å². The second-order valence-electron chi connectivity index (χ2n) is 7.93. The molecule has 1 spiro atoms. The molecule has 2 aromatic heterocycles. The maximum atomic E-state index is 12.8. The van der Waals surface area contributed by atoms with Crippen LogP contribution in [0.5, 0.6) is 0 Å². The average Bonchev–Trinajstić information content (AvgIpc) is 3.08. The van der Waals surface area contributed by atoms with Crippen LogP contribution in [-0.2, 0) is 21.2 Å². The molecule has 4 rings (SSSR count). The molecule has 4 heterocycles. The molecule has 33 heavy (non-hydrogen) atoms. The highest BCUT2D eigenvalue weighted by molar-refractivity contribution is 6.27. The van der Waals surface area contributed by atoms with Gasteiger partial charge in [0.2, 0.25) is 0 Å². The first kappa shape index (κ1) is 23.9. The van der Waals surface area contributed by atoms with Crippen LogP contribution in [0.2, 0.25) is 0 Å². The Morgan fingerprint density at radius 3 is 2.15 bits per heavy atom. The van der Waals surface area contributed by atoms with Gasteiger partial charge in [-0.3, -0.25) is 14.8 Å². The molecule has 0 aromatic carbocycles. The van der Waals surface area contributed by atoms with Crippen LogP contribution in [0.25, 0.3) is 0 Å². The molecule has 0 atom stereocenters. The number of rotatable bonds is 2. The zero-order valence-corrected chi connectivity index (χ0v) is 17.6. The molecule has 0 bridgehead atoms. The first-order valence-corrected chi connectivity index (χ1v) is 9.72. The van der Waals surface area contributed by atoms with Crippen molar-refractivity contribution in [3.63, 3.8) is 0 Å². The summed E-state index contributed by atoms with van der Waals surface area (Å²) in [4.78, 5) is 46.8. The molecule has 0 unspecified atom stereocenters. The smallest absolute Gasteiger partial charge is 0.433 e. The number of carbonyl (C=O) groups is 3. The highest BCUT2D eigenvalue weighted by Crippen LogP contribution is 2.45. The summed E-state index contributed by atoms with van der Waals surface area (Å²) < 4.78 is 38.5. The number of hydrogen-bond donors (Lipinski definition) is 2. The van der Waals surface area contributed by atoms with Crippen LogP contribution in [0, 0.1) is 0 Å². The predicted molar refractivity (Wildman–Crippen MR) is 107 cm³/mol. The Labute approximate surface area is 185 Å². The first-order chi connectivity index (χ1) is 15.4. The van der Waals surface area contributed by atoms with Gasteiger partial charge in [-0.05, 0) is 26.0 Å². The van der Waals surface area contributed by atoms with E-state index in [0.29, 0.717) is 19.6 Å². The molecule has 2 N–H and O–H groups in total. The quantitative estimate of drug-likeness (QED) is 0.632. The van der Waals surface area contributed by atoms with Gasteiger partial charge < -0.3 is 20.0 Å². The van der Waals surface area contributed by atoms with Crippen molar-refractivity contribution in [2.45, 2.75) is 31.5 Å². The fourth-order valence-corrected chi connectivity index (χ4v) is 3.80. The lowest BCUT2D eigenvalue weighted by Gasteiger charge is -2.47. The van der Waals surface area contributed by atoms with Crippen molar-refractivity contribution in [2.75, 3.05) is 24.5 Å². The number of anilines is 1. The van der Waals surface area contributed by atoms with Crippen LogP contribution in [0.4, 0.5) is 19.0 Å². The lowest BCUT2D eigenvalue weighted by atomic mass is 9.78. The Morgan fingerprint density at radius 1 is 1.00 bits per heavy atom. The first-order valence-electron chi connectivity index (χ1n) is 9.72. The van der Waals surface area contributed by atoms with Crippen molar-refractivity contribution in [1.29, 1.82) is 0 Å². The van der Waals surface area contributed by atoms with Gasteiger partial charge in [0, 0.05) is 49.8 Å². The Bertz CT molecular complexity index is 1070. The molecule has 2 aromatic rings. The third kappa shape index (κ3) is 4.71. The largest absolute Gasteiger partial charge is 0.473 e. The van der Waals surface area contributed by atoms with Gasteiger partial charge in [0.15, 0.2) is 5.82 Å². The van der Waals surface area contributed by atoms with Gasteiger partial charge in [0.05, 0.1) is 11.1 Å². The topological polar surface area (TPSA) is 137 Å². The Kier molecular flexibility index (Phi) is 6.25. The van der Waals surface area contributed by atoms with Crippen LogP contribution in [0.3, 0.4) is 0 Å². The number of likely N-dealkylation sites (tertiary alicyclic amines) is 1. The number of alkyl halides is 3. The standard InChI is InChI=1S/C18H18F3N5O.C2H2O4/c1-11(2)26-10-17(14-15(26)24-6-5-23-14)8-25(9-17)16(27)12-3-4-22-13(7-12)18(19,20)21;3-1(4)2(5)6/h3-7,11H,8-10H2,1-2H3;(H,3,4)(H,5,6). The molecule has 1 amide bonds. The van der Waals surface area contributed by atoms with E-state index in [1.807, 2.05) is 0 Å². The highest BCUT2D eigenvalue weighted by Gasteiger charge is 2.55. The van der Waals surface area contributed by atoms with Gasteiger partial charge in [-0.25, -0.2) is 14.6 Å². The van der Waals surface area contributed by atoms with Crippen LogP contribution < -0.4 is 4.90 Å². The van der Waals surface area contributed by atoms with E-state index in [9.17, 15) is 18.0 Å². The number of hydrogen-bond acceptors (Lipinski definition) is 7. The maximum absolute atomic E-state index is 12.8. The fourth-order valence-electron chi connectivity index (χ4n) is 3.80. The molecular formula is C20H20F3N5O5. The van der Waals surface area contributed by atoms with E-state index in [4.69, 9.17) is 19.8 Å². The SMILES string of the molecule is CC(C)N1CC2(CN(C(=O)c3ccnc(C(F)(F)F)c3)C2)c2nccnc21.O=C(O)C(=O)O. The van der Waals surface area contributed by atoms with Gasteiger partial charge in [-0.15, -0.1) is 0 Å². The van der Waals surface area contributed by atoms with E-state index >= 15 is 0 Å². The highest BCUT2D eigenvalue weighted by atomic mass is 19.4. The summed E-state index contributed by atoms with van der Waals surface area (Å²) in [6.45, 7) is 5.64. The summed E-state index contributed by atoms with van der Waals surface area (Å²) >= 11 is 0. The van der Waals surface area contributed by atoms with Crippen LogP contribution >= 0.6 is 0 Å². The van der Waals surface area contributed by atoms with E-state index in [1.165, 1.54) is 6.07 Å². The van der Waals surface area contributed by atoms with Crippen molar-refractivity contribution in [1.82, 2.24) is 19.9 Å². The van der Waals surface area contributed by atoms with Crippen molar-refractivity contribution < 1.29 is 37.8 Å². The zero-order valence-electron chi connectivity index (χ0n) is 17.6. The Balaban J connectivity index is 0.000000454. The van der Waals surface area contributed by atoms with E-state index in [-0.39, 0.29) is 17.0 Å². The molecule has 0 radical (unpaired) electrons. The molecule has 0 aliphatic carbocycles. The summed E-state index contributed by atoms with van der Waals surface area (Å²) in [5.74, 6) is -3.25. The van der Waals surface area contributed by atoms with Gasteiger partial charge in [-0.2, -0.15) is 13.2 Å². The van der Waals surface area contributed by atoms with E-state index < -0.39 is 29.7 Å². The van der Waals surface area contributed by atoms with Crippen molar-refractivity contribution in [2.24, 2.45) is 0 Å². The van der Waals surface area contributed by atoms with Gasteiger partial charge in [0.1, 0.15) is 5.69 Å². The van der Waals surface area contributed by atoms with Gasteiger partial charge in [-0.1, -0.05) is 0 Å². The molecule has 10 nitrogen and oxygen atoms in total.